The molecule has 0 saturated carbocycles. The number of nitrogens with one attached hydrogen (secondary N) is 1. The van der Waals surface area contributed by atoms with E-state index in [1.54, 1.807) is 0 Å². The fraction of sp³-hybridized carbons (Fsp3) is 0.231. The van der Waals surface area contributed by atoms with Crippen molar-refractivity contribution in [3.05, 3.63) is 46.7 Å². The van der Waals surface area contributed by atoms with Crippen LogP contribution in [0, 0.1) is 0 Å². The highest BCUT2D eigenvalue weighted by molar-refractivity contribution is 9.10. The molecule has 0 unspecified atom stereocenters. The molecule has 0 aliphatic rings. The number of halogens is 1. The predicted molar refractivity (Wildman–Crippen MR) is 80.7 cm³/mol. The van der Waals surface area contributed by atoms with Crippen molar-refractivity contribution in [3.63, 3.8) is 0 Å². The second-order valence-corrected chi connectivity index (χ2v) is 4.80. The summed E-state index contributed by atoms with van der Waals surface area (Å²) < 4.78 is 0.773. The number of rotatable bonds is 5. The number of hydrazine groups is 1. The Morgan fingerprint density at radius 2 is 2.00 bits per heavy atom. The lowest BCUT2D eigenvalue weighted by molar-refractivity contribution is 0.807. The fourth-order valence-corrected chi connectivity index (χ4v) is 2.39. The number of hydrogen-bond acceptors (Lipinski definition) is 5. The summed E-state index contributed by atoms with van der Waals surface area (Å²) in [5.41, 5.74) is 3.79. The summed E-state index contributed by atoms with van der Waals surface area (Å²) in [6.45, 7) is 3.72. The van der Waals surface area contributed by atoms with E-state index in [1.165, 1.54) is 11.9 Å². The molecule has 3 N–H and O–H groups in total. The zero-order chi connectivity index (χ0) is 13.7. The molecule has 0 spiro atoms. The van der Waals surface area contributed by atoms with Crippen molar-refractivity contribution in [2.45, 2.75) is 13.5 Å². The lowest BCUT2D eigenvalue weighted by Crippen LogP contribution is -2.24. The Balaban J connectivity index is 2.27. The summed E-state index contributed by atoms with van der Waals surface area (Å²) in [6.07, 6.45) is 1.50. The molecule has 19 heavy (non-hydrogen) atoms. The third-order valence-corrected chi connectivity index (χ3v) is 3.54. The van der Waals surface area contributed by atoms with Crippen LogP contribution >= 0.6 is 15.9 Å². The van der Waals surface area contributed by atoms with Crippen LogP contribution in [-0.4, -0.2) is 16.5 Å². The summed E-state index contributed by atoms with van der Waals surface area (Å²) in [5.74, 6) is 6.83. The van der Waals surface area contributed by atoms with Crippen molar-refractivity contribution >= 4 is 27.6 Å². The van der Waals surface area contributed by atoms with Crippen LogP contribution < -0.4 is 16.2 Å². The largest absolute Gasteiger partial charge is 0.351 e. The third-order valence-electron chi connectivity index (χ3n) is 2.81. The molecule has 0 fully saturated rings. The maximum atomic E-state index is 5.42. The monoisotopic (exact) mass is 321 g/mol. The first-order chi connectivity index (χ1) is 9.26. The van der Waals surface area contributed by atoms with E-state index in [2.05, 4.69) is 55.3 Å². The zero-order valence-electron chi connectivity index (χ0n) is 10.7. The summed E-state index contributed by atoms with van der Waals surface area (Å²) >= 11 is 3.49. The van der Waals surface area contributed by atoms with Crippen molar-refractivity contribution in [2.24, 2.45) is 5.84 Å². The van der Waals surface area contributed by atoms with Gasteiger partial charge in [0.05, 0.1) is 0 Å². The molecule has 2 aromatic rings. The molecule has 1 aromatic heterocycles. The van der Waals surface area contributed by atoms with Crippen LogP contribution in [0.2, 0.25) is 0 Å². The first-order valence-corrected chi connectivity index (χ1v) is 6.81. The van der Waals surface area contributed by atoms with Gasteiger partial charge in [-0.05, 0) is 28.4 Å². The van der Waals surface area contributed by atoms with Gasteiger partial charge in [-0.15, -0.1) is 0 Å². The Morgan fingerprint density at radius 3 is 2.63 bits per heavy atom. The second-order valence-electron chi connectivity index (χ2n) is 4.00. The van der Waals surface area contributed by atoms with E-state index in [4.69, 9.17) is 5.84 Å². The maximum absolute atomic E-state index is 5.42. The van der Waals surface area contributed by atoms with Gasteiger partial charge in [0.15, 0.2) is 5.82 Å². The SMILES string of the molecule is CCN(Cc1ccccc1)c1ncnc(NN)c1Br. The average Bonchev–Trinajstić information content (AvgIpc) is 2.46. The van der Waals surface area contributed by atoms with Crippen LogP contribution in [0.4, 0.5) is 11.6 Å². The van der Waals surface area contributed by atoms with E-state index in [9.17, 15) is 0 Å². The van der Waals surface area contributed by atoms with E-state index < -0.39 is 0 Å². The molecule has 0 bridgehead atoms. The van der Waals surface area contributed by atoms with Crippen molar-refractivity contribution < 1.29 is 0 Å². The minimum atomic E-state index is 0.580. The number of aromatic nitrogens is 2. The number of nitrogen functional groups attached to an aromatic ring is 1. The van der Waals surface area contributed by atoms with Crippen LogP contribution in [0.25, 0.3) is 0 Å². The number of nitrogens with two attached hydrogens (primary N) is 1. The molecule has 2 rings (SSSR count). The minimum absolute atomic E-state index is 0.580. The number of anilines is 2. The highest BCUT2D eigenvalue weighted by Crippen LogP contribution is 2.29. The molecule has 0 radical (unpaired) electrons. The number of nitrogens with zero attached hydrogens (tertiary/aromatic N) is 3. The molecule has 100 valence electrons. The average molecular weight is 322 g/mol. The van der Waals surface area contributed by atoms with Gasteiger partial charge < -0.3 is 10.3 Å². The van der Waals surface area contributed by atoms with E-state index >= 15 is 0 Å². The number of hydrogen-bond donors (Lipinski definition) is 2. The van der Waals surface area contributed by atoms with E-state index in [0.29, 0.717) is 5.82 Å². The molecular weight excluding hydrogens is 306 g/mol. The minimum Gasteiger partial charge on any atom is -0.351 e. The van der Waals surface area contributed by atoms with E-state index in [-0.39, 0.29) is 0 Å². The predicted octanol–water partition coefficient (Wildman–Crippen LogP) is 2.55. The van der Waals surface area contributed by atoms with Gasteiger partial charge in [0.1, 0.15) is 16.6 Å². The quantitative estimate of drug-likeness (QED) is 0.654. The first kappa shape index (κ1) is 13.8. The van der Waals surface area contributed by atoms with Crippen LogP contribution in [0.5, 0.6) is 0 Å². The molecule has 0 aliphatic carbocycles. The fourth-order valence-electron chi connectivity index (χ4n) is 1.82. The molecule has 5 nitrogen and oxygen atoms in total. The molecule has 0 saturated heterocycles. The third kappa shape index (κ3) is 3.21. The molecule has 1 heterocycles. The molecular formula is C13H16BrN5. The standard InChI is InChI=1S/C13H16BrN5/c1-2-19(8-10-6-4-3-5-7-10)13-11(14)12(18-15)16-9-17-13/h3-7,9H,2,8,15H2,1H3,(H,16,17,18). The van der Waals surface area contributed by atoms with Gasteiger partial charge in [0.2, 0.25) is 0 Å². The Bertz CT molecular complexity index is 532. The maximum Gasteiger partial charge on any atom is 0.159 e. The Kier molecular flexibility index (Phi) is 4.70. The number of benzene rings is 1. The first-order valence-electron chi connectivity index (χ1n) is 6.02. The van der Waals surface area contributed by atoms with Crippen LogP contribution in [0.1, 0.15) is 12.5 Å². The van der Waals surface area contributed by atoms with Crippen molar-refractivity contribution in [3.8, 4) is 0 Å². The lowest BCUT2D eigenvalue weighted by atomic mass is 10.2. The van der Waals surface area contributed by atoms with Gasteiger partial charge in [0, 0.05) is 13.1 Å². The molecule has 6 heteroatoms. The van der Waals surface area contributed by atoms with Gasteiger partial charge >= 0.3 is 0 Å². The van der Waals surface area contributed by atoms with Gasteiger partial charge in [-0.2, -0.15) is 0 Å². The van der Waals surface area contributed by atoms with Crippen LogP contribution in [0.15, 0.2) is 41.1 Å². The molecule has 0 aliphatic heterocycles. The van der Waals surface area contributed by atoms with Crippen molar-refractivity contribution in [1.29, 1.82) is 0 Å². The molecule has 0 atom stereocenters. The van der Waals surface area contributed by atoms with Crippen LogP contribution in [0.3, 0.4) is 0 Å². The van der Waals surface area contributed by atoms with Crippen molar-refractivity contribution in [2.75, 3.05) is 16.9 Å². The Hall–Kier alpha value is -1.66. The summed E-state index contributed by atoms with van der Waals surface area (Å²) in [5, 5.41) is 0. The second kappa shape index (κ2) is 6.49. The topological polar surface area (TPSA) is 67.1 Å². The van der Waals surface area contributed by atoms with Crippen LogP contribution in [-0.2, 0) is 6.54 Å². The van der Waals surface area contributed by atoms with Gasteiger partial charge in [-0.3, -0.25) is 0 Å². The van der Waals surface area contributed by atoms with E-state index in [0.717, 1.165) is 23.4 Å². The summed E-state index contributed by atoms with van der Waals surface area (Å²) in [4.78, 5) is 10.5. The van der Waals surface area contributed by atoms with Gasteiger partial charge in [0.25, 0.3) is 0 Å². The summed E-state index contributed by atoms with van der Waals surface area (Å²) in [6, 6.07) is 10.3. The normalized spacial score (nSPS) is 10.3. The van der Waals surface area contributed by atoms with E-state index in [1.807, 2.05) is 18.2 Å². The Morgan fingerprint density at radius 1 is 1.26 bits per heavy atom. The molecule has 0 amide bonds. The molecule has 1 aromatic carbocycles. The lowest BCUT2D eigenvalue weighted by Gasteiger charge is -2.23. The van der Waals surface area contributed by atoms with Crippen molar-refractivity contribution in [1.82, 2.24) is 9.97 Å². The Labute approximate surface area is 121 Å². The van der Waals surface area contributed by atoms with Gasteiger partial charge in [-0.1, -0.05) is 30.3 Å². The highest BCUT2D eigenvalue weighted by atomic mass is 79.9. The zero-order valence-corrected chi connectivity index (χ0v) is 12.3. The summed E-state index contributed by atoms with van der Waals surface area (Å²) in [7, 11) is 0. The highest BCUT2D eigenvalue weighted by Gasteiger charge is 2.14. The van der Waals surface area contributed by atoms with Gasteiger partial charge in [-0.25, -0.2) is 15.8 Å². The smallest absolute Gasteiger partial charge is 0.159 e.